The monoisotopic (exact) mass is 276 g/mol. The summed E-state index contributed by atoms with van der Waals surface area (Å²) >= 11 is 6.20. The molecule has 1 aromatic rings. The third kappa shape index (κ3) is 2.41. The Hall–Kier alpha value is -1.31. The van der Waals surface area contributed by atoms with Crippen molar-refractivity contribution in [2.75, 3.05) is 18.4 Å². The Morgan fingerprint density at radius 2 is 2.26 bits per heavy atom. The molecule has 1 aromatic heterocycles. The van der Waals surface area contributed by atoms with Crippen LogP contribution in [0.4, 0.5) is 5.82 Å². The Kier molecular flexibility index (Phi) is 3.58. The van der Waals surface area contributed by atoms with E-state index in [1.165, 1.54) is 25.8 Å². The van der Waals surface area contributed by atoms with Crippen LogP contribution in [0.3, 0.4) is 0 Å². The predicted molar refractivity (Wildman–Crippen MR) is 75.2 cm³/mol. The SMILES string of the molecule is N#Cc1ccnc(NC2CCN3CCCCC23)c1Cl. The number of hydrogen-bond acceptors (Lipinski definition) is 4. The lowest BCUT2D eigenvalue weighted by molar-refractivity contribution is 0.192. The van der Waals surface area contributed by atoms with Gasteiger partial charge in [-0.1, -0.05) is 18.0 Å². The summed E-state index contributed by atoms with van der Waals surface area (Å²) < 4.78 is 0. The highest BCUT2D eigenvalue weighted by Gasteiger charge is 2.35. The molecule has 0 bridgehead atoms. The molecule has 0 aromatic carbocycles. The van der Waals surface area contributed by atoms with Gasteiger partial charge in [-0.05, 0) is 31.9 Å². The van der Waals surface area contributed by atoms with Gasteiger partial charge in [0.15, 0.2) is 0 Å². The molecule has 100 valence electrons. The highest BCUT2D eigenvalue weighted by molar-refractivity contribution is 6.34. The van der Waals surface area contributed by atoms with E-state index in [4.69, 9.17) is 16.9 Å². The number of nitriles is 1. The molecule has 4 nitrogen and oxygen atoms in total. The zero-order valence-corrected chi connectivity index (χ0v) is 11.5. The minimum Gasteiger partial charge on any atom is -0.364 e. The second-order valence-corrected chi connectivity index (χ2v) is 5.65. The van der Waals surface area contributed by atoms with Crippen LogP contribution in [0.25, 0.3) is 0 Å². The molecule has 2 aliphatic heterocycles. The molecule has 3 rings (SSSR count). The van der Waals surface area contributed by atoms with Crippen LogP contribution in [0.2, 0.25) is 5.02 Å². The Morgan fingerprint density at radius 1 is 1.37 bits per heavy atom. The molecule has 0 spiro atoms. The number of fused-ring (bicyclic) bond motifs is 1. The number of anilines is 1. The number of pyridine rings is 1. The lowest BCUT2D eigenvalue weighted by Gasteiger charge is -2.32. The minimum atomic E-state index is 0.402. The van der Waals surface area contributed by atoms with E-state index < -0.39 is 0 Å². The number of nitrogens with one attached hydrogen (secondary N) is 1. The molecule has 0 aliphatic carbocycles. The van der Waals surface area contributed by atoms with Crippen molar-refractivity contribution in [2.24, 2.45) is 0 Å². The van der Waals surface area contributed by atoms with Crippen molar-refractivity contribution < 1.29 is 0 Å². The van der Waals surface area contributed by atoms with E-state index in [2.05, 4.69) is 21.3 Å². The summed E-state index contributed by atoms with van der Waals surface area (Å²) in [6.07, 6.45) is 6.62. The van der Waals surface area contributed by atoms with Crippen LogP contribution in [-0.2, 0) is 0 Å². The maximum atomic E-state index is 8.99. The van der Waals surface area contributed by atoms with Crippen LogP contribution in [-0.4, -0.2) is 35.1 Å². The summed E-state index contributed by atoms with van der Waals surface area (Å²) in [6.45, 7) is 2.36. The number of halogens is 1. The van der Waals surface area contributed by atoms with Gasteiger partial charge in [0.25, 0.3) is 0 Å². The lowest BCUT2D eigenvalue weighted by Crippen LogP contribution is -2.41. The molecule has 0 amide bonds. The van der Waals surface area contributed by atoms with E-state index in [1.54, 1.807) is 12.3 Å². The predicted octanol–water partition coefficient (Wildman–Crippen LogP) is 2.65. The summed E-state index contributed by atoms with van der Waals surface area (Å²) in [5.74, 6) is 0.651. The first-order valence-corrected chi connectivity index (χ1v) is 7.22. The minimum absolute atomic E-state index is 0.402. The third-order valence-electron chi connectivity index (χ3n) is 4.19. The quantitative estimate of drug-likeness (QED) is 0.902. The van der Waals surface area contributed by atoms with Crippen molar-refractivity contribution in [1.82, 2.24) is 9.88 Å². The van der Waals surface area contributed by atoms with E-state index in [1.807, 2.05) is 0 Å². The van der Waals surface area contributed by atoms with Gasteiger partial charge >= 0.3 is 0 Å². The molecule has 0 saturated carbocycles. The Labute approximate surface area is 118 Å². The van der Waals surface area contributed by atoms with Crippen molar-refractivity contribution in [2.45, 2.75) is 37.8 Å². The molecule has 2 unspecified atom stereocenters. The van der Waals surface area contributed by atoms with Gasteiger partial charge in [-0.15, -0.1) is 0 Å². The number of nitrogens with zero attached hydrogens (tertiary/aromatic N) is 3. The second kappa shape index (κ2) is 5.36. The fourth-order valence-electron chi connectivity index (χ4n) is 3.22. The van der Waals surface area contributed by atoms with Crippen molar-refractivity contribution in [3.63, 3.8) is 0 Å². The van der Waals surface area contributed by atoms with Gasteiger partial charge in [0.2, 0.25) is 0 Å². The average molecular weight is 277 g/mol. The molecular weight excluding hydrogens is 260 g/mol. The van der Waals surface area contributed by atoms with Crippen molar-refractivity contribution in [3.05, 3.63) is 22.8 Å². The molecule has 2 saturated heterocycles. The fourth-order valence-corrected chi connectivity index (χ4v) is 3.43. The van der Waals surface area contributed by atoms with E-state index in [0.29, 0.717) is 28.5 Å². The summed E-state index contributed by atoms with van der Waals surface area (Å²) in [4.78, 5) is 6.83. The second-order valence-electron chi connectivity index (χ2n) is 5.27. The maximum absolute atomic E-state index is 8.99. The van der Waals surface area contributed by atoms with Gasteiger partial charge in [-0.2, -0.15) is 5.26 Å². The maximum Gasteiger partial charge on any atom is 0.146 e. The molecule has 2 aliphatic rings. The zero-order valence-electron chi connectivity index (χ0n) is 10.8. The summed E-state index contributed by atoms with van der Waals surface area (Å²) in [7, 11) is 0. The van der Waals surface area contributed by atoms with Gasteiger partial charge < -0.3 is 5.32 Å². The summed E-state index contributed by atoms with van der Waals surface area (Å²) in [5, 5.41) is 12.9. The molecule has 2 atom stereocenters. The topological polar surface area (TPSA) is 52.0 Å². The van der Waals surface area contributed by atoms with E-state index in [0.717, 1.165) is 13.0 Å². The normalized spacial score (nSPS) is 26.7. The highest BCUT2D eigenvalue weighted by atomic mass is 35.5. The summed E-state index contributed by atoms with van der Waals surface area (Å²) in [5.41, 5.74) is 0.484. The van der Waals surface area contributed by atoms with Crippen LogP contribution >= 0.6 is 11.6 Å². The van der Waals surface area contributed by atoms with Crippen molar-refractivity contribution in [3.8, 4) is 6.07 Å². The molecule has 3 heterocycles. The first-order chi connectivity index (χ1) is 9.29. The molecular formula is C14H17ClN4. The molecule has 0 radical (unpaired) electrons. The van der Waals surface area contributed by atoms with E-state index >= 15 is 0 Å². The number of piperidine rings is 1. The smallest absolute Gasteiger partial charge is 0.146 e. The Bertz CT molecular complexity index is 511. The third-order valence-corrected chi connectivity index (χ3v) is 4.57. The number of aromatic nitrogens is 1. The van der Waals surface area contributed by atoms with Gasteiger partial charge in [-0.3, -0.25) is 4.90 Å². The molecule has 5 heteroatoms. The molecule has 1 N–H and O–H groups in total. The van der Waals surface area contributed by atoms with Crippen LogP contribution in [0.15, 0.2) is 12.3 Å². The number of rotatable bonds is 2. The van der Waals surface area contributed by atoms with E-state index in [-0.39, 0.29) is 0 Å². The Balaban J connectivity index is 1.77. The fraction of sp³-hybridized carbons (Fsp3) is 0.571. The van der Waals surface area contributed by atoms with E-state index in [9.17, 15) is 0 Å². The molecule has 19 heavy (non-hydrogen) atoms. The van der Waals surface area contributed by atoms with Crippen LogP contribution in [0, 0.1) is 11.3 Å². The Morgan fingerprint density at radius 3 is 3.11 bits per heavy atom. The first-order valence-electron chi connectivity index (χ1n) is 6.85. The molecule has 2 fully saturated rings. The van der Waals surface area contributed by atoms with Crippen LogP contribution in [0.1, 0.15) is 31.2 Å². The van der Waals surface area contributed by atoms with Gasteiger partial charge in [0, 0.05) is 24.8 Å². The zero-order chi connectivity index (χ0) is 13.2. The summed E-state index contributed by atoms with van der Waals surface area (Å²) in [6, 6.07) is 4.74. The van der Waals surface area contributed by atoms with Crippen molar-refractivity contribution >= 4 is 17.4 Å². The standard InChI is InChI=1S/C14H17ClN4/c15-13-10(9-16)4-6-17-14(13)18-11-5-8-19-7-2-1-3-12(11)19/h4,6,11-12H,1-3,5,7-8H2,(H,17,18). The van der Waals surface area contributed by atoms with Crippen LogP contribution in [0.5, 0.6) is 0 Å². The van der Waals surface area contributed by atoms with Crippen LogP contribution < -0.4 is 5.32 Å². The average Bonchev–Trinajstić information content (AvgIpc) is 2.85. The first kappa shape index (κ1) is 12.7. The van der Waals surface area contributed by atoms with Gasteiger partial charge in [0.1, 0.15) is 16.9 Å². The largest absolute Gasteiger partial charge is 0.364 e. The highest BCUT2D eigenvalue weighted by Crippen LogP contribution is 2.31. The van der Waals surface area contributed by atoms with Crippen molar-refractivity contribution in [1.29, 1.82) is 5.26 Å². The van der Waals surface area contributed by atoms with Gasteiger partial charge in [-0.25, -0.2) is 4.98 Å². The van der Waals surface area contributed by atoms with Gasteiger partial charge in [0.05, 0.1) is 5.56 Å². The number of hydrogen-bond donors (Lipinski definition) is 1. The lowest BCUT2D eigenvalue weighted by atomic mass is 9.99.